The molecule has 120 valence electrons. The Bertz CT molecular complexity index is 829. The summed E-state index contributed by atoms with van der Waals surface area (Å²) in [6.07, 6.45) is 1.56. The van der Waals surface area contributed by atoms with Crippen LogP contribution in [0.5, 0.6) is 0 Å². The highest BCUT2D eigenvalue weighted by atomic mass is 32.1. The molecule has 3 rings (SSSR count). The number of hydrogen-bond acceptors (Lipinski definition) is 5. The van der Waals surface area contributed by atoms with E-state index in [9.17, 15) is 4.39 Å². The molecule has 23 heavy (non-hydrogen) atoms. The van der Waals surface area contributed by atoms with Gasteiger partial charge in [-0.1, -0.05) is 12.1 Å². The number of aromatic nitrogens is 2. The maximum atomic E-state index is 14.1. The van der Waals surface area contributed by atoms with Crippen LogP contribution >= 0.6 is 11.3 Å². The highest BCUT2D eigenvalue weighted by Crippen LogP contribution is 2.27. The zero-order valence-corrected chi connectivity index (χ0v) is 14.2. The second-order valence-corrected chi connectivity index (χ2v) is 7.05. The minimum Gasteiger partial charge on any atom is -0.365 e. The van der Waals surface area contributed by atoms with E-state index in [1.807, 2.05) is 31.1 Å². The molecule has 0 spiro atoms. The van der Waals surface area contributed by atoms with Crippen molar-refractivity contribution in [2.75, 3.05) is 19.4 Å². The molecule has 0 aliphatic carbocycles. The summed E-state index contributed by atoms with van der Waals surface area (Å²) in [4.78, 5) is 12.7. The second-order valence-electron chi connectivity index (χ2n) is 5.82. The van der Waals surface area contributed by atoms with Gasteiger partial charge in [-0.2, -0.15) is 0 Å². The summed E-state index contributed by atoms with van der Waals surface area (Å²) in [7, 11) is 3.86. The van der Waals surface area contributed by atoms with Gasteiger partial charge in [0.2, 0.25) is 0 Å². The van der Waals surface area contributed by atoms with Crippen LogP contribution in [0, 0.1) is 12.7 Å². The number of anilines is 1. The lowest BCUT2D eigenvalue weighted by atomic mass is 10.1. The van der Waals surface area contributed by atoms with E-state index in [0.29, 0.717) is 18.7 Å². The molecule has 6 heteroatoms. The third kappa shape index (κ3) is 3.65. The van der Waals surface area contributed by atoms with E-state index in [4.69, 9.17) is 0 Å². The summed E-state index contributed by atoms with van der Waals surface area (Å²) >= 11 is 1.64. The van der Waals surface area contributed by atoms with Crippen molar-refractivity contribution >= 4 is 27.4 Å². The minimum atomic E-state index is -0.169. The fourth-order valence-corrected chi connectivity index (χ4v) is 3.32. The third-order valence-corrected chi connectivity index (χ3v) is 4.48. The van der Waals surface area contributed by atoms with Gasteiger partial charge in [0.15, 0.2) is 0 Å². The van der Waals surface area contributed by atoms with Gasteiger partial charge in [0.25, 0.3) is 0 Å². The predicted molar refractivity (Wildman–Crippen MR) is 93.3 cm³/mol. The van der Waals surface area contributed by atoms with Gasteiger partial charge in [-0.05, 0) is 38.7 Å². The first-order valence-corrected chi connectivity index (χ1v) is 8.21. The highest BCUT2D eigenvalue weighted by molar-refractivity contribution is 7.18. The lowest BCUT2D eigenvalue weighted by Gasteiger charge is -2.12. The Balaban J connectivity index is 1.76. The lowest BCUT2D eigenvalue weighted by Crippen LogP contribution is -2.12. The molecule has 0 aliphatic heterocycles. The summed E-state index contributed by atoms with van der Waals surface area (Å²) in [5.74, 6) is 0.620. The van der Waals surface area contributed by atoms with Crippen LogP contribution in [0.3, 0.4) is 0 Å². The smallest absolute Gasteiger partial charge is 0.138 e. The number of nitrogens with zero attached hydrogens (tertiary/aromatic N) is 3. The number of rotatable bonds is 5. The molecular formula is C17H19FN4S. The van der Waals surface area contributed by atoms with Gasteiger partial charge in [-0.3, -0.25) is 0 Å². The van der Waals surface area contributed by atoms with E-state index in [1.165, 1.54) is 4.88 Å². The van der Waals surface area contributed by atoms with Crippen LogP contribution in [0.15, 0.2) is 30.6 Å². The Kier molecular flexibility index (Phi) is 4.54. The van der Waals surface area contributed by atoms with Gasteiger partial charge in [-0.15, -0.1) is 11.3 Å². The maximum Gasteiger partial charge on any atom is 0.138 e. The molecule has 0 atom stereocenters. The molecule has 0 unspecified atom stereocenters. The molecule has 2 heterocycles. The Labute approximate surface area is 139 Å². The summed E-state index contributed by atoms with van der Waals surface area (Å²) in [5, 5.41) is 4.30. The van der Waals surface area contributed by atoms with Crippen LogP contribution < -0.4 is 5.32 Å². The largest absolute Gasteiger partial charge is 0.365 e. The van der Waals surface area contributed by atoms with E-state index in [0.717, 1.165) is 21.6 Å². The highest BCUT2D eigenvalue weighted by Gasteiger charge is 2.08. The predicted octanol–water partition coefficient (Wildman–Crippen LogP) is 3.81. The molecule has 0 bridgehead atoms. The van der Waals surface area contributed by atoms with Gasteiger partial charge >= 0.3 is 0 Å². The molecule has 0 radical (unpaired) electrons. The van der Waals surface area contributed by atoms with E-state index in [-0.39, 0.29) is 5.82 Å². The van der Waals surface area contributed by atoms with Crippen LogP contribution in [0.25, 0.3) is 10.2 Å². The molecule has 4 nitrogen and oxygen atoms in total. The minimum absolute atomic E-state index is 0.169. The average molecular weight is 330 g/mol. The molecule has 0 fully saturated rings. The topological polar surface area (TPSA) is 41.0 Å². The van der Waals surface area contributed by atoms with E-state index < -0.39 is 0 Å². The Hall–Kier alpha value is -2.05. The van der Waals surface area contributed by atoms with Crippen molar-refractivity contribution in [1.29, 1.82) is 0 Å². The van der Waals surface area contributed by atoms with Crippen molar-refractivity contribution in [2.45, 2.75) is 20.0 Å². The van der Waals surface area contributed by atoms with Crippen molar-refractivity contribution in [1.82, 2.24) is 14.9 Å². The summed E-state index contributed by atoms with van der Waals surface area (Å²) in [5.41, 5.74) is 1.60. The van der Waals surface area contributed by atoms with Crippen LogP contribution in [0.1, 0.15) is 16.0 Å². The SMILES string of the molecule is Cc1cc2c(NCc3ccc(CN(C)C)c(F)c3)ncnc2s1. The van der Waals surface area contributed by atoms with Crippen LogP contribution in [-0.4, -0.2) is 29.0 Å². The molecule has 0 saturated heterocycles. The first-order valence-electron chi connectivity index (χ1n) is 7.40. The monoisotopic (exact) mass is 330 g/mol. The summed E-state index contributed by atoms with van der Waals surface area (Å²) in [6, 6.07) is 7.45. The number of halogens is 1. The molecule has 3 aromatic rings. The van der Waals surface area contributed by atoms with Crippen molar-refractivity contribution in [3.05, 3.63) is 52.4 Å². The maximum absolute atomic E-state index is 14.1. The van der Waals surface area contributed by atoms with Crippen LogP contribution in [-0.2, 0) is 13.1 Å². The fraction of sp³-hybridized carbons (Fsp3) is 0.294. The van der Waals surface area contributed by atoms with E-state index in [1.54, 1.807) is 23.7 Å². The average Bonchev–Trinajstić information content (AvgIpc) is 2.88. The lowest BCUT2D eigenvalue weighted by molar-refractivity contribution is 0.392. The van der Waals surface area contributed by atoms with Gasteiger partial charge in [0.1, 0.15) is 22.8 Å². The van der Waals surface area contributed by atoms with Crippen molar-refractivity contribution in [3.63, 3.8) is 0 Å². The van der Waals surface area contributed by atoms with Crippen molar-refractivity contribution in [3.8, 4) is 0 Å². The molecule has 2 aromatic heterocycles. The van der Waals surface area contributed by atoms with Gasteiger partial charge in [-0.25, -0.2) is 14.4 Å². The molecule has 0 saturated carbocycles. The van der Waals surface area contributed by atoms with Crippen LogP contribution in [0.2, 0.25) is 0 Å². The number of thiophene rings is 1. The Morgan fingerprint density at radius 2 is 2.04 bits per heavy atom. The number of aryl methyl sites for hydroxylation is 1. The van der Waals surface area contributed by atoms with Crippen molar-refractivity contribution in [2.24, 2.45) is 0 Å². The zero-order valence-electron chi connectivity index (χ0n) is 13.4. The Morgan fingerprint density at radius 3 is 2.78 bits per heavy atom. The molecule has 0 aliphatic rings. The first-order chi connectivity index (χ1) is 11.0. The molecular weight excluding hydrogens is 311 g/mol. The normalized spacial score (nSPS) is 11.3. The van der Waals surface area contributed by atoms with Gasteiger partial charge in [0.05, 0.1) is 5.39 Å². The molecule has 1 aromatic carbocycles. The Morgan fingerprint density at radius 1 is 1.22 bits per heavy atom. The number of hydrogen-bond donors (Lipinski definition) is 1. The van der Waals surface area contributed by atoms with E-state index in [2.05, 4.69) is 28.3 Å². The second kappa shape index (κ2) is 6.60. The van der Waals surface area contributed by atoms with Crippen LogP contribution in [0.4, 0.5) is 10.2 Å². The van der Waals surface area contributed by atoms with Gasteiger partial charge in [0, 0.05) is 23.5 Å². The van der Waals surface area contributed by atoms with E-state index >= 15 is 0 Å². The zero-order chi connectivity index (χ0) is 16.4. The molecule has 1 N–H and O–H groups in total. The first kappa shape index (κ1) is 15.8. The van der Waals surface area contributed by atoms with Gasteiger partial charge < -0.3 is 10.2 Å². The molecule has 0 amide bonds. The standard InChI is InChI=1S/C17H19FN4S/c1-11-6-14-16(20-10-21-17(14)23-11)19-8-12-4-5-13(9-22(2)3)15(18)7-12/h4-7,10H,8-9H2,1-3H3,(H,19,20,21). The summed E-state index contributed by atoms with van der Waals surface area (Å²) in [6.45, 7) is 3.18. The number of nitrogens with one attached hydrogen (secondary N) is 1. The fourth-order valence-electron chi connectivity index (χ4n) is 2.47. The quantitative estimate of drug-likeness (QED) is 0.772. The van der Waals surface area contributed by atoms with Crippen molar-refractivity contribution < 1.29 is 4.39 Å². The number of benzene rings is 1. The summed E-state index contributed by atoms with van der Waals surface area (Å²) < 4.78 is 14.1. The third-order valence-electron chi connectivity index (χ3n) is 3.52. The number of fused-ring (bicyclic) bond motifs is 1.